The standard InChI is InChI=1S/C45H89NO5/c1-4-7-10-13-16-17-18-26-33-42-50-44(48)36-29-22-19-24-31-38-46(40-41-47)39-32-25-23-30-37-45(49)51-43(34-27-20-14-11-8-5-2)35-28-21-15-12-9-6-3/h43,47H,4-42H2,1-3H3. The molecule has 0 bridgehead atoms. The van der Waals surface area contributed by atoms with Gasteiger partial charge in [0.25, 0.3) is 0 Å². The first-order chi connectivity index (χ1) is 25.1. The highest BCUT2D eigenvalue weighted by Gasteiger charge is 2.14. The summed E-state index contributed by atoms with van der Waals surface area (Å²) < 4.78 is 11.5. The molecule has 0 atom stereocenters. The highest BCUT2D eigenvalue weighted by molar-refractivity contribution is 5.69. The molecule has 0 rings (SSSR count). The van der Waals surface area contributed by atoms with E-state index in [1.807, 2.05) is 0 Å². The number of rotatable bonds is 42. The van der Waals surface area contributed by atoms with Crippen LogP contribution in [0.3, 0.4) is 0 Å². The van der Waals surface area contributed by atoms with Crippen molar-refractivity contribution in [3.8, 4) is 0 Å². The summed E-state index contributed by atoms with van der Waals surface area (Å²) in [7, 11) is 0. The lowest BCUT2D eigenvalue weighted by molar-refractivity contribution is -0.150. The molecule has 0 radical (unpaired) electrons. The van der Waals surface area contributed by atoms with Crippen molar-refractivity contribution in [2.45, 2.75) is 245 Å². The highest BCUT2D eigenvalue weighted by Crippen LogP contribution is 2.18. The van der Waals surface area contributed by atoms with E-state index in [-0.39, 0.29) is 24.6 Å². The van der Waals surface area contributed by atoms with Crippen LogP contribution in [0.5, 0.6) is 0 Å². The summed E-state index contributed by atoms with van der Waals surface area (Å²) in [5.41, 5.74) is 0. The van der Waals surface area contributed by atoms with Gasteiger partial charge in [0.2, 0.25) is 0 Å². The number of ether oxygens (including phenoxy) is 2. The Hall–Kier alpha value is -1.14. The van der Waals surface area contributed by atoms with E-state index in [1.54, 1.807) is 0 Å². The van der Waals surface area contributed by atoms with Crippen molar-refractivity contribution in [2.24, 2.45) is 0 Å². The van der Waals surface area contributed by atoms with E-state index < -0.39 is 0 Å². The van der Waals surface area contributed by atoms with Gasteiger partial charge in [-0.25, -0.2) is 0 Å². The molecule has 51 heavy (non-hydrogen) atoms. The number of aliphatic hydroxyl groups is 1. The Balaban J connectivity index is 3.94. The molecule has 0 aromatic carbocycles. The van der Waals surface area contributed by atoms with Crippen molar-refractivity contribution >= 4 is 11.9 Å². The molecular weight excluding hydrogens is 634 g/mol. The molecule has 0 aromatic heterocycles. The first kappa shape index (κ1) is 49.9. The smallest absolute Gasteiger partial charge is 0.306 e. The van der Waals surface area contributed by atoms with Gasteiger partial charge in [0, 0.05) is 19.4 Å². The first-order valence-corrected chi connectivity index (χ1v) is 22.8. The lowest BCUT2D eigenvalue weighted by atomic mass is 10.0. The summed E-state index contributed by atoms with van der Waals surface area (Å²) in [6.07, 6.45) is 39.7. The second-order valence-corrected chi connectivity index (χ2v) is 15.5. The number of nitrogens with zero attached hydrogens (tertiary/aromatic N) is 1. The number of hydrogen-bond acceptors (Lipinski definition) is 6. The van der Waals surface area contributed by atoms with Gasteiger partial charge in [0.05, 0.1) is 13.2 Å². The van der Waals surface area contributed by atoms with Gasteiger partial charge in [0.1, 0.15) is 6.10 Å². The van der Waals surface area contributed by atoms with Crippen LogP contribution in [0.1, 0.15) is 239 Å². The molecule has 304 valence electrons. The summed E-state index contributed by atoms with van der Waals surface area (Å²) in [6.45, 7) is 10.3. The predicted octanol–water partition coefficient (Wildman–Crippen LogP) is 13.1. The van der Waals surface area contributed by atoms with E-state index in [2.05, 4.69) is 25.7 Å². The fourth-order valence-corrected chi connectivity index (χ4v) is 7.05. The third-order valence-electron chi connectivity index (χ3n) is 10.4. The normalized spacial score (nSPS) is 11.6. The Morgan fingerprint density at radius 3 is 1.27 bits per heavy atom. The van der Waals surface area contributed by atoms with Crippen LogP contribution in [0.4, 0.5) is 0 Å². The molecule has 6 heteroatoms. The molecule has 1 N–H and O–H groups in total. The minimum atomic E-state index is -0.0308. The lowest BCUT2D eigenvalue weighted by Gasteiger charge is -2.21. The van der Waals surface area contributed by atoms with Crippen LogP contribution < -0.4 is 0 Å². The van der Waals surface area contributed by atoms with Crippen LogP contribution in [0.25, 0.3) is 0 Å². The van der Waals surface area contributed by atoms with E-state index >= 15 is 0 Å². The van der Waals surface area contributed by atoms with E-state index in [9.17, 15) is 14.7 Å². The minimum Gasteiger partial charge on any atom is -0.466 e. The van der Waals surface area contributed by atoms with E-state index in [1.165, 1.54) is 128 Å². The molecule has 0 heterocycles. The summed E-state index contributed by atoms with van der Waals surface area (Å²) in [4.78, 5) is 27.1. The van der Waals surface area contributed by atoms with E-state index in [4.69, 9.17) is 9.47 Å². The molecule has 0 amide bonds. The molecule has 6 nitrogen and oxygen atoms in total. The summed E-state index contributed by atoms with van der Waals surface area (Å²) in [6, 6.07) is 0. The molecule has 0 saturated carbocycles. The van der Waals surface area contributed by atoms with Gasteiger partial charge in [-0.15, -0.1) is 0 Å². The van der Waals surface area contributed by atoms with Crippen LogP contribution in [0.2, 0.25) is 0 Å². The van der Waals surface area contributed by atoms with Crippen molar-refractivity contribution in [3.63, 3.8) is 0 Å². The predicted molar refractivity (Wildman–Crippen MR) is 218 cm³/mol. The molecule has 0 aliphatic carbocycles. The van der Waals surface area contributed by atoms with E-state index in [0.717, 1.165) is 96.7 Å². The molecule has 0 aliphatic rings. The second kappa shape index (κ2) is 41.6. The molecule has 0 aromatic rings. The Morgan fingerprint density at radius 2 is 0.824 bits per heavy atom. The maximum absolute atomic E-state index is 12.7. The minimum absolute atomic E-state index is 0.00449. The van der Waals surface area contributed by atoms with Crippen molar-refractivity contribution in [1.29, 1.82) is 0 Å². The van der Waals surface area contributed by atoms with Crippen LogP contribution >= 0.6 is 0 Å². The molecule has 0 spiro atoms. The van der Waals surface area contributed by atoms with Crippen LogP contribution in [0, 0.1) is 0 Å². The molecule has 0 saturated heterocycles. The number of unbranched alkanes of at least 4 members (excludes halogenated alkanes) is 25. The summed E-state index contributed by atoms with van der Waals surface area (Å²) in [5.74, 6) is -0.0263. The Labute approximate surface area is 318 Å². The topological polar surface area (TPSA) is 76.1 Å². The van der Waals surface area contributed by atoms with Gasteiger partial charge in [-0.1, -0.05) is 168 Å². The number of carbonyl (C=O) groups is 2. The quantitative estimate of drug-likeness (QED) is 0.0499. The van der Waals surface area contributed by atoms with Gasteiger partial charge in [0.15, 0.2) is 0 Å². The first-order valence-electron chi connectivity index (χ1n) is 22.8. The zero-order chi connectivity index (χ0) is 37.3. The number of aliphatic hydroxyl groups excluding tert-OH is 1. The van der Waals surface area contributed by atoms with Crippen molar-refractivity contribution in [3.05, 3.63) is 0 Å². The number of carbonyl (C=O) groups excluding carboxylic acids is 2. The van der Waals surface area contributed by atoms with Crippen molar-refractivity contribution in [2.75, 3.05) is 32.8 Å². The van der Waals surface area contributed by atoms with Crippen molar-refractivity contribution in [1.82, 2.24) is 4.90 Å². The maximum atomic E-state index is 12.7. The highest BCUT2D eigenvalue weighted by atomic mass is 16.5. The van der Waals surface area contributed by atoms with Gasteiger partial charge >= 0.3 is 11.9 Å². The SMILES string of the molecule is CCCCCCCCCCCOC(=O)CCCCCCCN(CCO)CCCCCCC(=O)OC(CCCCCCCC)CCCCCCCC. The zero-order valence-corrected chi connectivity index (χ0v) is 34.7. The van der Waals surface area contributed by atoms with E-state index in [0.29, 0.717) is 19.4 Å². The molecule has 0 fully saturated rings. The third kappa shape index (κ3) is 38.4. The second-order valence-electron chi connectivity index (χ2n) is 15.5. The van der Waals surface area contributed by atoms with Gasteiger partial charge < -0.3 is 19.5 Å². The van der Waals surface area contributed by atoms with Crippen molar-refractivity contribution < 1.29 is 24.2 Å². The monoisotopic (exact) mass is 724 g/mol. The summed E-state index contributed by atoms with van der Waals surface area (Å²) >= 11 is 0. The van der Waals surface area contributed by atoms with Gasteiger partial charge in [-0.05, 0) is 70.9 Å². The Bertz CT molecular complexity index is 701. The van der Waals surface area contributed by atoms with Crippen LogP contribution in [-0.2, 0) is 19.1 Å². The van der Waals surface area contributed by atoms with Gasteiger partial charge in [-0.3, -0.25) is 9.59 Å². The maximum Gasteiger partial charge on any atom is 0.306 e. The van der Waals surface area contributed by atoms with Crippen LogP contribution in [0.15, 0.2) is 0 Å². The molecule has 0 unspecified atom stereocenters. The fraction of sp³-hybridized carbons (Fsp3) is 0.956. The molecule has 0 aliphatic heterocycles. The fourth-order valence-electron chi connectivity index (χ4n) is 7.05. The average molecular weight is 724 g/mol. The Morgan fingerprint density at radius 1 is 0.451 bits per heavy atom. The average Bonchev–Trinajstić information content (AvgIpc) is 3.12. The largest absolute Gasteiger partial charge is 0.466 e. The third-order valence-corrected chi connectivity index (χ3v) is 10.4. The zero-order valence-electron chi connectivity index (χ0n) is 34.7. The lowest BCUT2D eigenvalue weighted by Crippen LogP contribution is -2.29. The van der Waals surface area contributed by atoms with Crippen LogP contribution in [-0.4, -0.2) is 60.9 Å². The summed E-state index contributed by atoms with van der Waals surface area (Å²) in [5, 5.41) is 9.55. The Kier molecular flexibility index (Phi) is 40.7. The molecular formula is C45H89NO5. The van der Waals surface area contributed by atoms with Gasteiger partial charge in [-0.2, -0.15) is 0 Å². The number of hydrogen-bond donors (Lipinski definition) is 1. The number of esters is 2.